The first-order valence-electron chi connectivity index (χ1n) is 8.52. The topological polar surface area (TPSA) is 20.3 Å². The van der Waals surface area contributed by atoms with E-state index in [-0.39, 0.29) is 5.91 Å². The van der Waals surface area contributed by atoms with E-state index in [0.29, 0.717) is 6.42 Å². The van der Waals surface area contributed by atoms with Gasteiger partial charge in [-0.25, -0.2) is 0 Å². The molecule has 0 fully saturated rings. The average molecular weight is 398 g/mol. The molecule has 2 aromatic carbocycles. The molecule has 0 atom stereocenters. The van der Waals surface area contributed by atoms with Gasteiger partial charge in [0.2, 0.25) is 5.91 Å². The van der Waals surface area contributed by atoms with E-state index >= 15 is 0 Å². The van der Waals surface area contributed by atoms with Gasteiger partial charge in [-0.1, -0.05) is 81.4 Å². The largest absolute Gasteiger partial charge is 0.301 e. The van der Waals surface area contributed by atoms with Crippen LogP contribution in [0.1, 0.15) is 29.9 Å². The highest BCUT2D eigenvalue weighted by molar-refractivity contribution is 7.80. The Hall–Kier alpha value is -1.82. The van der Waals surface area contributed by atoms with Gasteiger partial charge in [0, 0.05) is 11.1 Å². The van der Waals surface area contributed by atoms with Crippen LogP contribution < -0.4 is 4.90 Å². The molecule has 0 radical (unpaired) electrons. The van der Waals surface area contributed by atoms with Crippen LogP contribution in [0.5, 0.6) is 0 Å². The van der Waals surface area contributed by atoms with Crippen molar-refractivity contribution in [1.29, 1.82) is 0 Å². The molecule has 1 aromatic heterocycles. The molecule has 5 heteroatoms. The maximum atomic E-state index is 13.4. The zero-order chi connectivity index (χ0) is 18.5. The van der Waals surface area contributed by atoms with Crippen LogP contribution in [0.2, 0.25) is 0 Å². The third-order valence-electron chi connectivity index (χ3n) is 4.92. The molecule has 0 saturated heterocycles. The van der Waals surface area contributed by atoms with Crippen LogP contribution in [-0.4, -0.2) is 5.91 Å². The van der Waals surface area contributed by atoms with Crippen LogP contribution in [0.4, 0.5) is 5.69 Å². The molecule has 2 heterocycles. The number of anilines is 1. The number of para-hydroxylation sites is 1. The Kier molecular flexibility index (Phi) is 4.34. The summed E-state index contributed by atoms with van der Waals surface area (Å²) in [6.07, 6.45) is 0.392. The van der Waals surface area contributed by atoms with Crippen LogP contribution in [0.3, 0.4) is 0 Å². The Balaban J connectivity index is 1.90. The third-order valence-corrected chi connectivity index (χ3v) is 8.25. The highest BCUT2D eigenvalue weighted by atomic mass is 32.9. The van der Waals surface area contributed by atoms with Crippen molar-refractivity contribution in [2.75, 3.05) is 4.90 Å². The standard InChI is InChI=1S/C21H19NOS3/c1-13-8-7-11-15-17-19(25-26-20(17)24)21(2,3)22(18(13)15)16(23)12-14-9-5-4-6-10-14/h4-11H,12H2,1-3H3. The molecule has 2 nitrogen and oxygen atoms in total. The molecule has 0 N–H and O–H groups in total. The summed E-state index contributed by atoms with van der Waals surface area (Å²) in [5, 5.41) is 0. The SMILES string of the molecule is Cc1cccc2c1N(C(=O)Cc1ccccc1)C(C)(C)c1ssc(=S)c1-2. The molecular weight excluding hydrogens is 378 g/mol. The number of hydrogen-bond donors (Lipinski definition) is 0. The lowest BCUT2D eigenvalue weighted by molar-refractivity contribution is -0.119. The van der Waals surface area contributed by atoms with E-state index < -0.39 is 5.54 Å². The fourth-order valence-corrected chi connectivity index (χ4v) is 7.00. The first-order valence-corrected chi connectivity index (χ1v) is 11.1. The van der Waals surface area contributed by atoms with Gasteiger partial charge in [0.15, 0.2) is 0 Å². The van der Waals surface area contributed by atoms with Crippen molar-refractivity contribution in [1.82, 2.24) is 0 Å². The molecule has 26 heavy (non-hydrogen) atoms. The van der Waals surface area contributed by atoms with Gasteiger partial charge in [0.05, 0.1) is 22.5 Å². The summed E-state index contributed by atoms with van der Waals surface area (Å²) in [4.78, 5) is 16.6. The molecule has 1 aliphatic rings. The lowest BCUT2D eigenvalue weighted by Crippen LogP contribution is -2.48. The summed E-state index contributed by atoms with van der Waals surface area (Å²) < 4.78 is 0.917. The van der Waals surface area contributed by atoms with Crippen LogP contribution >= 0.6 is 32.9 Å². The first-order chi connectivity index (χ1) is 12.4. The summed E-state index contributed by atoms with van der Waals surface area (Å²) in [6.45, 7) is 6.33. The molecule has 0 bridgehead atoms. The number of fused-ring (bicyclic) bond motifs is 3. The van der Waals surface area contributed by atoms with Crippen LogP contribution in [0, 0.1) is 10.7 Å². The fraction of sp³-hybridized carbons (Fsp3) is 0.238. The fourth-order valence-electron chi connectivity index (χ4n) is 3.72. The van der Waals surface area contributed by atoms with E-state index in [1.807, 2.05) is 41.3 Å². The molecule has 4 rings (SSSR count). The van der Waals surface area contributed by atoms with E-state index in [4.69, 9.17) is 12.2 Å². The predicted molar refractivity (Wildman–Crippen MR) is 114 cm³/mol. The van der Waals surface area contributed by atoms with Crippen molar-refractivity contribution in [3.8, 4) is 11.1 Å². The molecule has 0 saturated carbocycles. The smallest absolute Gasteiger partial charge is 0.232 e. The lowest BCUT2D eigenvalue weighted by atomic mass is 9.85. The molecule has 132 valence electrons. The van der Waals surface area contributed by atoms with Gasteiger partial charge in [-0.05, 0) is 31.9 Å². The van der Waals surface area contributed by atoms with Crippen LogP contribution in [0.15, 0.2) is 48.5 Å². The minimum atomic E-state index is -0.418. The molecule has 0 aliphatic carbocycles. The van der Waals surface area contributed by atoms with Crippen molar-refractivity contribution < 1.29 is 4.79 Å². The number of aryl methyl sites for hydroxylation is 1. The van der Waals surface area contributed by atoms with E-state index in [1.54, 1.807) is 20.7 Å². The molecular formula is C21H19NOS3. The van der Waals surface area contributed by atoms with E-state index in [0.717, 1.165) is 31.8 Å². The summed E-state index contributed by atoms with van der Waals surface area (Å²) >= 11 is 5.63. The molecule has 1 aliphatic heterocycles. The predicted octanol–water partition coefficient (Wildman–Crippen LogP) is 6.34. The van der Waals surface area contributed by atoms with Gasteiger partial charge in [-0.15, -0.1) is 0 Å². The van der Waals surface area contributed by atoms with Gasteiger partial charge < -0.3 is 4.90 Å². The summed E-state index contributed by atoms with van der Waals surface area (Å²) in [7, 11) is 3.33. The van der Waals surface area contributed by atoms with Gasteiger partial charge in [-0.2, -0.15) is 0 Å². The van der Waals surface area contributed by atoms with Gasteiger partial charge in [0.1, 0.15) is 3.82 Å². The molecule has 0 unspecified atom stereocenters. The Morgan fingerprint density at radius 2 is 1.81 bits per heavy atom. The zero-order valence-corrected chi connectivity index (χ0v) is 17.4. The van der Waals surface area contributed by atoms with Gasteiger partial charge >= 0.3 is 0 Å². The highest BCUT2D eigenvalue weighted by Crippen LogP contribution is 2.53. The Labute approximate surface area is 166 Å². The number of hydrogen-bond acceptors (Lipinski definition) is 4. The first kappa shape index (κ1) is 17.6. The average Bonchev–Trinajstić information content (AvgIpc) is 3.00. The van der Waals surface area contributed by atoms with Crippen molar-refractivity contribution in [2.24, 2.45) is 0 Å². The second-order valence-electron chi connectivity index (χ2n) is 7.08. The number of amides is 1. The maximum absolute atomic E-state index is 13.4. The monoisotopic (exact) mass is 397 g/mol. The summed E-state index contributed by atoms with van der Waals surface area (Å²) in [5.41, 5.74) is 4.95. The van der Waals surface area contributed by atoms with Gasteiger partial charge in [-0.3, -0.25) is 4.79 Å². The van der Waals surface area contributed by atoms with E-state index in [2.05, 4.69) is 32.9 Å². The van der Waals surface area contributed by atoms with Crippen LogP contribution in [0.25, 0.3) is 11.1 Å². The van der Waals surface area contributed by atoms with Crippen molar-refractivity contribution in [3.63, 3.8) is 0 Å². The minimum Gasteiger partial charge on any atom is -0.301 e. The Morgan fingerprint density at radius 1 is 1.08 bits per heavy atom. The highest BCUT2D eigenvalue weighted by Gasteiger charge is 2.43. The minimum absolute atomic E-state index is 0.117. The van der Waals surface area contributed by atoms with Crippen molar-refractivity contribution >= 4 is 44.5 Å². The van der Waals surface area contributed by atoms with E-state index in [9.17, 15) is 4.79 Å². The zero-order valence-electron chi connectivity index (χ0n) is 14.9. The second-order valence-corrected chi connectivity index (χ2v) is 9.90. The normalized spacial score (nSPS) is 14.7. The second kappa shape index (κ2) is 6.41. The number of carbonyl (C=O) groups is 1. The molecule has 3 aromatic rings. The molecule has 0 spiro atoms. The number of carbonyl (C=O) groups excluding carboxylic acids is 1. The van der Waals surface area contributed by atoms with Crippen molar-refractivity contribution in [2.45, 2.75) is 32.7 Å². The van der Waals surface area contributed by atoms with Gasteiger partial charge in [0.25, 0.3) is 0 Å². The number of nitrogens with zero attached hydrogens (tertiary/aromatic N) is 1. The number of benzene rings is 2. The third kappa shape index (κ3) is 2.66. The maximum Gasteiger partial charge on any atom is 0.232 e. The lowest BCUT2D eigenvalue weighted by Gasteiger charge is -2.43. The summed E-state index contributed by atoms with van der Waals surface area (Å²) in [6, 6.07) is 16.2. The number of rotatable bonds is 2. The van der Waals surface area contributed by atoms with Crippen LogP contribution in [-0.2, 0) is 16.8 Å². The summed E-state index contributed by atoms with van der Waals surface area (Å²) in [5.74, 6) is 0.117. The Bertz CT molecular complexity index is 1050. The Morgan fingerprint density at radius 3 is 2.54 bits per heavy atom. The van der Waals surface area contributed by atoms with Crippen molar-refractivity contribution in [3.05, 3.63) is 68.4 Å². The molecule has 1 amide bonds. The van der Waals surface area contributed by atoms with E-state index in [1.165, 1.54) is 4.88 Å². The quantitative estimate of drug-likeness (QED) is 0.371.